The Kier molecular flexibility index (Phi) is 4.13. The predicted molar refractivity (Wildman–Crippen MR) is 82.6 cm³/mol. The standard InChI is InChI=1S/C15H18OS2/c1-4-6-11-9(3)14(17)15-12(13(11)8-16)7-10(5-2)18-15/h7-8,17H,4-6H2,1-3H3. The highest BCUT2D eigenvalue weighted by molar-refractivity contribution is 7.80. The highest BCUT2D eigenvalue weighted by atomic mass is 32.1. The molecule has 0 aliphatic rings. The van der Waals surface area contributed by atoms with E-state index in [9.17, 15) is 4.79 Å². The largest absolute Gasteiger partial charge is 0.298 e. The third-order valence-electron chi connectivity index (χ3n) is 3.39. The zero-order valence-electron chi connectivity index (χ0n) is 11.0. The molecule has 1 heterocycles. The van der Waals surface area contributed by atoms with Gasteiger partial charge in [0.15, 0.2) is 6.29 Å². The Bertz CT molecular complexity index is 596. The van der Waals surface area contributed by atoms with Crippen LogP contribution in [0.4, 0.5) is 0 Å². The molecule has 0 saturated carbocycles. The zero-order chi connectivity index (χ0) is 13.3. The molecule has 0 bridgehead atoms. The van der Waals surface area contributed by atoms with Crippen molar-refractivity contribution < 1.29 is 4.79 Å². The number of thiol groups is 1. The van der Waals surface area contributed by atoms with Crippen LogP contribution >= 0.6 is 24.0 Å². The molecule has 0 fully saturated rings. The molecular formula is C15H18OS2. The van der Waals surface area contributed by atoms with Crippen LogP contribution in [-0.2, 0) is 12.8 Å². The minimum Gasteiger partial charge on any atom is -0.298 e. The SMILES string of the molecule is CCCc1c(C)c(S)c2sc(CC)cc2c1C=O. The number of benzene rings is 1. The summed E-state index contributed by atoms with van der Waals surface area (Å²) in [5.74, 6) is 0. The van der Waals surface area contributed by atoms with Crippen molar-refractivity contribution in [3.8, 4) is 0 Å². The number of fused-ring (bicyclic) bond motifs is 1. The number of rotatable bonds is 4. The normalized spacial score (nSPS) is 11.1. The molecule has 0 aliphatic carbocycles. The van der Waals surface area contributed by atoms with Gasteiger partial charge in [-0.05, 0) is 37.0 Å². The molecule has 0 N–H and O–H groups in total. The van der Waals surface area contributed by atoms with Gasteiger partial charge in [0.05, 0.1) is 0 Å². The molecule has 0 saturated heterocycles. The number of carbonyl (C=O) groups excluding carboxylic acids is 1. The topological polar surface area (TPSA) is 17.1 Å². The number of aldehydes is 1. The molecule has 0 spiro atoms. The number of carbonyl (C=O) groups is 1. The summed E-state index contributed by atoms with van der Waals surface area (Å²) in [5, 5.41) is 1.09. The Morgan fingerprint density at radius 3 is 2.67 bits per heavy atom. The van der Waals surface area contributed by atoms with Gasteiger partial charge in [-0.25, -0.2) is 0 Å². The fourth-order valence-corrected chi connectivity index (χ4v) is 3.88. The maximum absolute atomic E-state index is 11.5. The molecule has 18 heavy (non-hydrogen) atoms. The van der Waals surface area contributed by atoms with Gasteiger partial charge in [0.2, 0.25) is 0 Å². The van der Waals surface area contributed by atoms with Gasteiger partial charge in [-0.1, -0.05) is 20.3 Å². The third kappa shape index (κ3) is 2.10. The van der Waals surface area contributed by atoms with Gasteiger partial charge in [-0.3, -0.25) is 4.79 Å². The van der Waals surface area contributed by atoms with Crippen LogP contribution < -0.4 is 0 Å². The van der Waals surface area contributed by atoms with Crippen LogP contribution in [0.2, 0.25) is 0 Å². The second-order valence-electron chi connectivity index (χ2n) is 4.54. The van der Waals surface area contributed by atoms with Crippen LogP contribution in [0.25, 0.3) is 10.1 Å². The lowest BCUT2D eigenvalue weighted by Crippen LogP contribution is -1.98. The summed E-state index contributed by atoms with van der Waals surface area (Å²) in [5.41, 5.74) is 3.21. The van der Waals surface area contributed by atoms with Crippen molar-refractivity contribution in [1.29, 1.82) is 0 Å². The number of thiophene rings is 1. The maximum Gasteiger partial charge on any atom is 0.150 e. The monoisotopic (exact) mass is 278 g/mol. The molecular weight excluding hydrogens is 260 g/mol. The van der Waals surface area contributed by atoms with E-state index in [1.807, 2.05) is 0 Å². The van der Waals surface area contributed by atoms with Gasteiger partial charge in [-0.15, -0.1) is 24.0 Å². The lowest BCUT2D eigenvalue weighted by atomic mass is 9.95. The summed E-state index contributed by atoms with van der Waals surface area (Å²) in [7, 11) is 0. The Balaban J connectivity index is 2.84. The number of hydrogen-bond acceptors (Lipinski definition) is 3. The first-order valence-corrected chi connectivity index (χ1v) is 7.62. The highest BCUT2D eigenvalue weighted by Crippen LogP contribution is 2.38. The fraction of sp³-hybridized carbons (Fsp3) is 0.400. The van der Waals surface area contributed by atoms with Crippen LogP contribution in [0.15, 0.2) is 11.0 Å². The molecule has 1 nitrogen and oxygen atoms in total. The second kappa shape index (κ2) is 5.45. The number of hydrogen-bond donors (Lipinski definition) is 1. The zero-order valence-corrected chi connectivity index (χ0v) is 12.8. The fourth-order valence-electron chi connectivity index (χ4n) is 2.38. The Labute approximate surface area is 118 Å². The van der Waals surface area contributed by atoms with Crippen molar-refractivity contribution in [2.75, 3.05) is 0 Å². The molecule has 1 aromatic heterocycles. The summed E-state index contributed by atoms with van der Waals surface area (Å²) >= 11 is 6.42. The minimum atomic E-state index is 0.873. The van der Waals surface area contributed by atoms with E-state index in [4.69, 9.17) is 0 Å². The van der Waals surface area contributed by atoms with Gasteiger partial charge in [0.25, 0.3) is 0 Å². The minimum absolute atomic E-state index is 0.873. The molecule has 0 atom stereocenters. The van der Waals surface area contributed by atoms with Crippen LogP contribution in [0.3, 0.4) is 0 Å². The van der Waals surface area contributed by atoms with Crippen LogP contribution in [0, 0.1) is 6.92 Å². The van der Waals surface area contributed by atoms with Crippen LogP contribution in [-0.4, -0.2) is 6.29 Å². The van der Waals surface area contributed by atoms with Crippen molar-refractivity contribution in [3.05, 3.63) is 27.6 Å². The molecule has 0 aliphatic heterocycles. The lowest BCUT2D eigenvalue weighted by Gasteiger charge is -2.12. The average molecular weight is 278 g/mol. The van der Waals surface area contributed by atoms with Crippen molar-refractivity contribution >= 4 is 40.3 Å². The van der Waals surface area contributed by atoms with Crippen LogP contribution in [0.5, 0.6) is 0 Å². The van der Waals surface area contributed by atoms with E-state index < -0.39 is 0 Å². The molecule has 2 rings (SSSR count). The van der Waals surface area contributed by atoms with E-state index in [-0.39, 0.29) is 0 Å². The molecule has 0 radical (unpaired) electrons. The molecule has 3 heteroatoms. The number of aryl methyl sites for hydroxylation is 1. The summed E-state index contributed by atoms with van der Waals surface area (Å²) < 4.78 is 1.16. The van der Waals surface area contributed by atoms with E-state index in [1.165, 1.54) is 16.0 Å². The van der Waals surface area contributed by atoms with Gasteiger partial charge >= 0.3 is 0 Å². The Morgan fingerprint density at radius 2 is 2.11 bits per heavy atom. The van der Waals surface area contributed by atoms with Crippen molar-refractivity contribution in [2.45, 2.75) is 44.9 Å². The molecule has 2 aromatic rings. The van der Waals surface area contributed by atoms with E-state index in [0.717, 1.165) is 46.1 Å². The van der Waals surface area contributed by atoms with Gasteiger partial charge < -0.3 is 0 Å². The van der Waals surface area contributed by atoms with E-state index in [2.05, 4.69) is 39.5 Å². The average Bonchev–Trinajstić information content (AvgIpc) is 2.80. The third-order valence-corrected chi connectivity index (χ3v) is 5.39. The highest BCUT2D eigenvalue weighted by Gasteiger charge is 2.16. The first-order chi connectivity index (χ1) is 8.63. The smallest absolute Gasteiger partial charge is 0.150 e. The van der Waals surface area contributed by atoms with Gasteiger partial charge in [-0.2, -0.15) is 0 Å². The van der Waals surface area contributed by atoms with Gasteiger partial charge in [0, 0.05) is 25.4 Å². The predicted octanol–water partition coefficient (Wildman–Crippen LogP) is 4.83. The quantitative estimate of drug-likeness (QED) is 0.626. The lowest BCUT2D eigenvalue weighted by molar-refractivity contribution is 0.112. The Morgan fingerprint density at radius 1 is 1.39 bits per heavy atom. The molecule has 96 valence electrons. The summed E-state index contributed by atoms with van der Waals surface area (Å²) in [4.78, 5) is 13.8. The van der Waals surface area contributed by atoms with Gasteiger partial charge in [0.1, 0.15) is 0 Å². The van der Waals surface area contributed by atoms with Crippen LogP contribution in [0.1, 0.15) is 46.6 Å². The van der Waals surface area contributed by atoms with E-state index in [0.29, 0.717) is 0 Å². The second-order valence-corrected chi connectivity index (χ2v) is 6.13. The summed E-state index contributed by atoms with van der Waals surface area (Å²) in [6.07, 6.45) is 4.01. The summed E-state index contributed by atoms with van der Waals surface area (Å²) in [6.45, 7) is 6.36. The van der Waals surface area contributed by atoms with E-state index >= 15 is 0 Å². The maximum atomic E-state index is 11.5. The first kappa shape index (κ1) is 13.6. The molecule has 1 aromatic carbocycles. The van der Waals surface area contributed by atoms with E-state index in [1.54, 1.807) is 11.3 Å². The molecule has 0 amide bonds. The molecule has 0 unspecified atom stereocenters. The summed E-state index contributed by atoms with van der Waals surface area (Å²) in [6, 6.07) is 2.15. The first-order valence-electron chi connectivity index (χ1n) is 6.35. The van der Waals surface area contributed by atoms with Crippen molar-refractivity contribution in [3.63, 3.8) is 0 Å². The van der Waals surface area contributed by atoms with Crippen molar-refractivity contribution in [1.82, 2.24) is 0 Å². The van der Waals surface area contributed by atoms with Crippen molar-refractivity contribution in [2.24, 2.45) is 0 Å². The Hall–Kier alpha value is -0.800.